The van der Waals surface area contributed by atoms with E-state index in [1.807, 2.05) is 54.1 Å². The first-order valence-corrected chi connectivity index (χ1v) is 9.30. The lowest BCUT2D eigenvalue weighted by Crippen LogP contribution is -2.14. The molecule has 140 valence electrons. The number of anilines is 1. The Bertz CT molecular complexity index is 1080. The molecule has 3 aromatic heterocycles. The van der Waals surface area contributed by atoms with Crippen LogP contribution in [0.1, 0.15) is 0 Å². The summed E-state index contributed by atoms with van der Waals surface area (Å²) in [6, 6.07) is 13.1. The maximum Gasteiger partial charge on any atom is 0.322 e. The van der Waals surface area contributed by atoms with Gasteiger partial charge in [0.15, 0.2) is 11.0 Å². The molecule has 3 heterocycles. The summed E-state index contributed by atoms with van der Waals surface area (Å²) in [5.74, 6) is 0.904. The molecule has 4 aromatic rings. The lowest BCUT2D eigenvalue weighted by Gasteiger charge is -2.03. The molecule has 0 unspecified atom stereocenters. The van der Waals surface area contributed by atoms with Gasteiger partial charge < -0.3 is 8.98 Å². The molecule has 0 fully saturated rings. The van der Waals surface area contributed by atoms with Crippen molar-refractivity contribution in [2.45, 2.75) is 5.16 Å². The Labute approximate surface area is 164 Å². The largest absolute Gasteiger partial charge is 0.403 e. The zero-order chi connectivity index (χ0) is 19.3. The Morgan fingerprint density at radius 3 is 2.61 bits per heavy atom. The highest BCUT2D eigenvalue weighted by atomic mass is 32.2. The fraction of sp³-hybridized carbons (Fsp3) is 0.111. The number of thioether (sulfide) groups is 1. The van der Waals surface area contributed by atoms with Crippen LogP contribution in [0.5, 0.6) is 0 Å². The van der Waals surface area contributed by atoms with Crippen LogP contribution in [0.3, 0.4) is 0 Å². The second-order valence-electron chi connectivity index (χ2n) is 5.72. The number of carbonyl (C=O) groups excluding carboxylic acids is 1. The predicted molar refractivity (Wildman–Crippen MR) is 103 cm³/mol. The average Bonchev–Trinajstić information content (AvgIpc) is 3.34. The van der Waals surface area contributed by atoms with Crippen LogP contribution in [-0.2, 0) is 11.8 Å². The van der Waals surface area contributed by atoms with Gasteiger partial charge in [0.25, 0.3) is 0 Å². The summed E-state index contributed by atoms with van der Waals surface area (Å²) in [6.07, 6.45) is 3.39. The first kappa shape index (κ1) is 17.9. The molecule has 0 bridgehead atoms. The monoisotopic (exact) mass is 393 g/mol. The van der Waals surface area contributed by atoms with Crippen molar-refractivity contribution < 1.29 is 9.21 Å². The van der Waals surface area contributed by atoms with E-state index in [2.05, 4.69) is 30.7 Å². The van der Waals surface area contributed by atoms with Gasteiger partial charge in [-0.3, -0.25) is 15.1 Å². The van der Waals surface area contributed by atoms with E-state index < -0.39 is 0 Å². The normalized spacial score (nSPS) is 10.8. The van der Waals surface area contributed by atoms with Gasteiger partial charge in [0.05, 0.1) is 5.75 Å². The number of nitrogens with zero attached hydrogens (tertiary/aromatic N) is 6. The molecule has 1 aromatic carbocycles. The van der Waals surface area contributed by atoms with Gasteiger partial charge >= 0.3 is 6.01 Å². The van der Waals surface area contributed by atoms with Gasteiger partial charge in [0, 0.05) is 30.6 Å². The minimum Gasteiger partial charge on any atom is -0.403 e. The molecule has 0 aliphatic rings. The Balaban J connectivity index is 1.37. The molecular weight excluding hydrogens is 378 g/mol. The van der Waals surface area contributed by atoms with E-state index in [4.69, 9.17) is 4.42 Å². The van der Waals surface area contributed by atoms with Gasteiger partial charge in [-0.15, -0.1) is 15.3 Å². The molecule has 1 N–H and O–H groups in total. The standard InChI is InChI=1S/C18H15N7O2S/c1-25-15(12-7-9-19-10-8-12)21-24-18(25)28-11-14(26)20-17-23-22-16(27-17)13-5-3-2-4-6-13/h2-10H,11H2,1H3,(H,20,23,26). The van der Waals surface area contributed by atoms with Crippen LogP contribution in [0.4, 0.5) is 6.01 Å². The molecule has 0 atom stereocenters. The van der Waals surface area contributed by atoms with Crippen LogP contribution in [0.25, 0.3) is 22.8 Å². The third-order valence-corrected chi connectivity index (χ3v) is 4.82. The van der Waals surface area contributed by atoms with E-state index in [1.165, 1.54) is 11.8 Å². The molecule has 9 nitrogen and oxygen atoms in total. The third kappa shape index (κ3) is 3.91. The highest BCUT2D eigenvalue weighted by Crippen LogP contribution is 2.23. The Morgan fingerprint density at radius 1 is 1.04 bits per heavy atom. The fourth-order valence-corrected chi connectivity index (χ4v) is 3.16. The molecule has 0 saturated heterocycles. The first-order valence-electron chi connectivity index (χ1n) is 8.32. The number of benzene rings is 1. The Kier molecular flexibility index (Phi) is 5.11. The zero-order valence-electron chi connectivity index (χ0n) is 14.8. The number of amides is 1. The molecule has 10 heteroatoms. The average molecular weight is 393 g/mol. The van der Waals surface area contributed by atoms with Gasteiger partial charge in [-0.1, -0.05) is 35.1 Å². The fourth-order valence-electron chi connectivity index (χ4n) is 2.45. The lowest BCUT2D eigenvalue weighted by atomic mass is 10.2. The second kappa shape index (κ2) is 8.01. The number of aromatic nitrogens is 6. The predicted octanol–water partition coefficient (Wildman–Crippen LogP) is 2.66. The Morgan fingerprint density at radius 2 is 1.82 bits per heavy atom. The van der Waals surface area contributed by atoms with Crippen LogP contribution in [-0.4, -0.2) is 41.6 Å². The second-order valence-corrected chi connectivity index (χ2v) is 6.66. The quantitative estimate of drug-likeness (QED) is 0.498. The molecule has 0 aliphatic carbocycles. The summed E-state index contributed by atoms with van der Waals surface area (Å²) >= 11 is 1.26. The van der Waals surface area contributed by atoms with E-state index in [1.54, 1.807) is 12.4 Å². The van der Waals surface area contributed by atoms with Crippen LogP contribution in [0.2, 0.25) is 0 Å². The van der Waals surface area contributed by atoms with Crippen molar-refractivity contribution in [3.8, 4) is 22.8 Å². The summed E-state index contributed by atoms with van der Waals surface area (Å²) in [4.78, 5) is 16.2. The van der Waals surface area contributed by atoms with Crippen molar-refractivity contribution in [3.05, 3.63) is 54.9 Å². The summed E-state index contributed by atoms with van der Waals surface area (Å²) in [6.45, 7) is 0. The molecule has 0 aliphatic heterocycles. The molecule has 0 radical (unpaired) electrons. The molecular formula is C18H15N7O2S. The minimum absolute atomic E-state index is 0.0555. The molecule has 0 spiro atoms. The van der Waals surface area contributed by atoms with Crippen molar-refractivity contribution >= 4 is 23.7 Å². The molecule has 0 saturated carbocycles. The maximum absolute atomic E-state index is 12.2. The summed E-state index contributed by atoms with van der Waals surface area (Å²) in [5.41, 5.74) is 1.69. The number of rotatable bonds is 6. The van der Waals surface area contributed by atoms with E-state index >= 15 is 0 Å². The van der Waals surface area contributed by atoms with Crippen molar-refractivity contribution in [1.82, 2.24) is 29.9 Å². The number of nitrogens with one attached hydrogen (secondary N) is 1. The topological polar surface area (TPSA) is 112 Å². The summed E-state index contributed by atoms with van der Waals surface area (Å²) in [7, 11) is 1.85. The van der Waals surface area contributed by atoms with Gasteiger partial charge in [0.1, 0.15) is 0 Å². The van der Waals surface area contributed by atoms with Crippen molar-refractivity contribution in [3.63, 3.8) is 0 Å². The highest BCUT2D eigenvalue weighted by molar-refractivity contribution is 7.99. The number of hydrogen-bond donors (Lipinski definition) is 1. The lowest BCUT2D eigenvalue weighted by molar-refractivity contribution is -0.113. The Hall–Kier alpha value is -3.53. The first-order chi connectivity index (χ1) is 13.7. The van der Waals surface area contributed by atoms with Crippen LogP contribution in [0, 0.1) is 0 Å². The molecule has 4 rings (SSSR count). The smallest absolute Gasteiger partial charge is 0.322 e. The van der Waals surface area contributed by atoms with E-state index in [-0.39, 0.29) is 17.7 Å². The van der Waals surface area contributed by atoms with Crippen molar-refractivity contribution in [1.29, 1.82) is 0 Å². The van der Waals surface area contributed by atoms with Gasteiger partial charge in [0.2, 0.25) is 11.8 Å². The summed E-state index contributed by atoms with van der Waals surface area (Å²) in [5, 5.41) is 19.3. The third-order valence-electron chi connectivity index (χ3n) is 3.80. The van der Waals surface area contributed by atoms with Crippen molar-refractivity contribution in [2.75, 3.05) is 11.1 Å². The van der Waals surface area contributed by atoms with Gasteiger partial charge in [-0.2, -0.15) is 0 Å². The number of carbonyl (C=O) groups is 1. The number of pyridine rings is 1. The number of hydrogen-bond acceptors (Lipinski definition) is 8. The van der Waals surface area contributed by atoms with Crippen LogP contribution in [0.15, 0.2) is 64.4 Å². The molecule has 1 amide bonds. The van der Waals surface area contributed by atoms with E-state index in [0.717, 1.165) is 11.1 Å². The SMILES string of the molecule is Cn1c(SCC(=O)Nc2nnc(-c3ccccc3)o2)nnc1-c1ccncc1. The molecule has 28 heavy (non-hydrogen) atoms. The van der Waals surface area contributed by atoms with Gasteiger partial charge in [-0.25, -0.2) is 0 Å². The van der Waals surface area contributed by atoms with Crippen LogP contribution >= 0.6 is 11.8 Å². The minimum atomic E-state index is -0.276. The van der Waals surface area contributed by atoms with E-state index in [9.17, 15) is 4.79 Å². The van der Waals surface area contributed by atoms with Crippen LogP contribution < -0.4 is 5.32 Å². The van der Waals surface area contributed by atoms with E-state index in [0.29, 0.717) is 16.9 Å². The summed E-state index contributed by atoms with van der Waals surface area (Å²) < 4.78 is 7.30. The van der Waals surface area contributed by atoms with Crippen molar-refractivity contribution in [2.24, 2.45) is 7.05 Å². The zero-order valence-corrected chi connectivity index (χ0v) is 15.6. The maximum atomic E-state index is 12.2. The van der Waals surface area contributed by atoms with Gasteiger partial charge in [-0.05, 0) is 24.3 Å². The highest BCUT2D eigenvalue weighted by Gasteiger charge is 2.15.